The molecule has 7 N–H and O–H groups in total. The predicted molar refractivity (Wildman–Crippen MR) is 112 cm³/mol. The summed E-state index contributed by atoms with van der Waals surface area (Å²) >= 11 is 1.45. The monoisotopic (exact) mass is 448 g/mol. The summed E-state index contributed by atoms with van der Waals surface area (Å²) in [5.41, 5.74) is 5.56. The molecule has 0 aromatic heterocycles. The molecular formula is C18H32N4O7S. The number of thioether (sulfide) groups is 1. The van der Waals surface area contributed by atoms with Crippen LogP contribution in [0.5, 0.6) is 0 Å². The molecule has 11 nitrogen and oxygen atoms in total. The van der Waals surface area contributed by atoms with Crippen molar-refractivity contribution >= 4 is 41.4 Å². The fraction of sp³-hybridized carbons (Fsp3) is 0.722. The average Bonchev–Trinajstić information content (AvgIpc) is 2.67. The van der Waals surface area contributed by atoms with Gasteiger partial charge in [-0.25, -0.2) is 0 Å². The highest BCUT2D eigenvalue weighted by molar-refractivity contribution is 7.98. The van der Waals surface area contributed by atoms with Crippen LogP contribution in [-0.2, 0) is 24.0 Å². The van der Waals surface area contributed by atoms with Gasteiger partial charge in [0.15, 0.2) is 0 Å². The van der Waals surface area contributed by atoms with E-state index in [0.29, 0.717) is 12.2 Å². The minimum Gasteiger partial charge on any atom is -0.481 e. The number of amides is 3. The molecule has 0 aromatic rings. The first-order chi connectivity index (χ1) is 13.9. The lowest BCUT2D eigenvalue weighted by Crippen LogP contribution is -2.58. The Balaban J connectivity index is 5.36. The molecule has 5 atom stereocenters. The minimum atomic E-state index is -1.33. The number of aliphatic carboxylic acids is 2. The smallest absolute Gasteiger partial charge is 0.325 e. The average molecular weight is 449 g/mol. The summed E-state index contributed by atoms with van der Waals surface area (Å²) in [5, 5.41) is 25.1. The molecule has 0 saturated heterocycles. The molecule has 0 radical (unpaired) electrons. The molecule has 0 aliphatic heterocycles. The summed E-state index contributed by atoms with van der Waals surface area (Å²) in [4.78, 5) is 59.2. The Morgan fingerprint density at radius 3 is 2.03 bits per heavy atom. The lowest BCUT2D eigenvalue weighted by Gasteiger charge is -2.27. The van der Waals surface area contributed by atoms with Crippen molar-refractivity contribution in [3.8, 4) is 0 Å². The zero-order valence-corrected chi connectivity index (χ0v) is 18.5. The quantitative estimate of drug-likeness (QED) is 0.197. The summed E-state index contributed by atoms with van der Waals surface area (Å²) in [5.74, 6) is -4.33. The Labute approximate surface area is 179 Å². The van der Waals surface area contributed by atoms with Crippen LogP contribution >= 0.6 is 11.8 Å². The standard InChI is InChI=1S/C18H32N4O7S/c1-5-9(2)14(22-15(25)11(19)8-13(23)24)17(27)21-12(6-7-30-4)16(26)20-10(3)18(28)29/h9-12,14H,5-8,19H2,1-4H3,(H,20,26)(H,21,27)(H,22,25)(H,23,24)(H,28,29). The van der Waals surface area contributed by atoms with Crippen molar-refractivity contribution in [2.75, 3.05) is 12.0 Å². The van der Waals surface area contributed by atoms with Gasteiger partial charge in [0.1, 0.15) is 18.1 Å². The zero-order chi connectivity index (χ0) is 23.4. The van der Waals surface area contributed by atoms with Gasteiger partial charge in [0, 0.05) is 0 Å². The van der Waals surface area contributed by atoms with Gasteiger partial charge >= 0.3 is 11.9 Å². The first kappa shape index (κ1) is 27.7. The summed E-state index contributed by atoms with van der Waals surface area (Å²) in [6.45, 7) is 4.83. The number of carbonyl (C=O) groups is 5. The molecule has 5 unspecified atom stereocenters. The van der Waals surface area contributed by atoms with E-state index in [1.54, 1.807) is 13.8 Å². The topological polar surface area (TPSA) is 188 Å². The van der Waals surface area contributed by atoms with Gasteiger partial charge in [-0.05, 0) is 31.3 Å². The summed E-state index contributed by atoms with van der Waals surface area (Å²) in [6, 6.07) is -4.49. The molecule has 0 heterocycles. The van der Waals surface area contributed by atoms with E-state index in [4.69, 9.17) is 15.9 Å². The molecule has 3 amide bonds. The van der Waals surface area contributed by atoms with E-state index in [-0.39, 0.29) is 12.3 Å². The van der Waals surface area contributed by atoms with Crippen LogP contribution in [0.15, 0.2) is 0 Å². The molecule has 30 heavy (non-hydrogen) atoms. The first-order valence-corrected chi connectivity index (χ1v) is 10.9. The maximum Gasteiger partial charge on any atom is 0.325 e. The van der Waals surface area contributed by atoms with Gasteiger partial charge in [-0.2, -0.15) is 11.8 Å². The van der Waals surface area contributed by atoms with Gasteiger partial charge in [0.25, 0.3) is 0 Å². The molecular weight excluding hydrogens is 416 g/mol. The van der Waals surface area contributed by atoms with Crippen molar-refractivity contribution in [2.24, 2.45) is 11.7 Å². The summed E-state index contributed by atoms with van der Waals surface area (Å²) in [6.07, 6.45) is 2.00. The number of carboxylic acids is 2. The lowest BCUT2D eigenvalue weighted by atomic mass is 9.97. The van der Waals surface area contributed by atoms with Crippen LogP contribution in [0, 0.1) is 5.92 Å². The fourth-order valence-electron chi connectivity index (χ4n) is 2.38. The second kappa shape index (κ2) is 13.8. The second-order valence-corrected chi connectivity index (χ2v) is 7.97. The van der Waals surface area contributed by atoms with Crippen molar-refractivity contribution in [1.29, 1.82) is 0 Å². The van der Waals surface area contributed by atoms with Crippen molar-refractivity contribution < 1.29 is 34.2 Å². The van der Waals surface area contributed by atoms with Gasteiger partial charge in [0.2, 0.25) is 17.7 Å². The van der Waals surface area contributed by atoms with Crippen LogP contribution < -0.4 is 21.7 Å². The first-order valence-electron chi connectivity index (χ1n) is 9.54. The highest BCUT2D eigenvalue weighted by Crippen LogP contribution is 2.10. The molecule has 0 bridgehead atoms. The number of carbonyl (C=O) groups excluding carboxylic acids is 3. The third-order valence-electron chi connectivity index (χ3n) is 4.50. The Hall–Kier alpha value is -2.34. The SMILES string of the molecule is CCC(C)C(NC(=O)C(N)CC(=O)O)C(=O)NC(CCSC)C(=O)NC(C)C(=O)O. The van der Waals surface area contributed by atoms with Gasteiger partial charge in [0.05, 0.1) is 12.5 Å². The number of hydrogen-bond donors (Lipinski definition) is 6. The van der Waals surface area contributed by atoms with Crippen LogP contribution in [0.25, 0.3) is 0 Å². The number of rotatable bonds is 14. The predicted octanol–water partition coefficient (Wildman–Crippen LogP) is -0.853. The number of hydrogen-bond acceptors (Lipinski definition) is 7. The van der Waals surface area contributed by atoms with Crippen molar-refractivity contribution in [3.63, 3.8) is 0 Å². The number of carboxylic acid groups (broad SMARTS) is 2. The van der Waals surface area contributed by atoms with Gasteiger partial charge in [-0.15, -0.1) is 0 Å². The highest BCUT2D eigenvalue weighted by Gasteiger charge is 2.32. The van der Waals surface area contributed by atoms with Crippen molar-refractivity contribution in [1.82, 2.24) is 16.0 Å². The van der Waals surface area contributed by atoms with Crippen LogP contribution in [-0.4, -0.2) is 76.0 Å². The van der Waals surface area contributed by atoms with Crippen LogP contribution in [0.2, 0.25) is 0 Å². The Morgan fingerprint density at radius 2 is 1.57 bits per heavy atom. The fourth-order valence-corrected chi connectivity index (χ4v) is 2.86. The minimum absolute atomic E-state index is 0.255. The molecule has 0 spiro atoms. The van der Waals surface area contributed by atoms with Gasteiger partial charge in [-0.3, -0.25) is 24.0 Å². The van der Waals surface area contributed by atoms with Gasteiger partial charge in [-0.1, -0.05) is 20.3 Å². The van der Waals surface area contributed by atoms with Gasteiger partial charge < -0.3 is 31.9 Å². The van der Waals surface area contributed by atoms with E-state index < -0.39 is 60.2 Å². The van der Waals surface area contributed by atoms with E-state index >= 15 is 0 Å². The Morgan fingerprint density at radius 1 is 0.967 bits per heavy atom. The van der Waals surface area contributed by atoms with Crippen molar-refractivity contribution in [2.45, 2.75) is 64.2 Å². The largest absolute Gasteiger partial charge is 0.481 e. The highest BCUT2D eigenvalue weighted by atomic mass is 32.2. The van der Waals surface area contributed by atoms with E-state index in [2.05, 4.69) is 16.0 Å². The molecule has 0 saturated carbocycles. The maximum absolute atomic E-state index is 12.8. The second-order valence-electron chi connectivity index (χ2n) is 6.99. The Kier molecular flexibility index (Phi) is 12.7. The normalized spacial score (nSPS) is 15.8. The van der Waals surface area contributed by atoms with Crippen LogP contribution in [0.3, 0.4) is 0 Å². The van der Waals surface area contributed by atoms with E-state index in [1.165, 1.54) is 18.7 Å². The maximum atomic E-state index is 12.8. The number of nitrogens with one attached hydrogen (secondary N) is 3. The van der Waals surface area contributed by atoms with E-state index in [1.807, 2.05) is 6.26 Å². The molecule has 0 rings (SSSR count). The number of nitrogens with two attached hydrogens (primary N) is 1. The van der Waals surface area contributed by atoms with Crippen molar-refractivity contribution in [3.05, 3.63) is 0 Å². The molecule has 0 aromatic carbocycles. The molecule has 0 aliphatic rings. The Bertz CT molecular complexity index is 632. The molecule has 0 aliphatic carbocycles. The lowest BCUT2D eigenvalue weighted by molar-refractivity contribution is -0.141. The zero-order valence-electron chi connectivity index (χ0n) is 17.6. The van der Waals surface area contributed by atoms with Crippen LogP contribution in [0.1, 0.15) is 40.0 Å². The molecule has 0 fully saturated rings. The van der Waals surface area contributed by atoms with E-state index in [0.717, 1.165) is 0 Å². The third kappa shape index (κ3) is 9.92. The molecule has 172 valence electrons. The summed E-state index contributed by atoms with van der Waals surface area (Å²) < 4.78 is 0. The third-order valence-corrected chi connectivity index (χ3v) is 5.14. The van der Waals surface area contributed by atoms with Crippen LogP contribution in [0.4, 0.5) is 0 Å². The van der Waals surface area contributed by atoms with E-state index in [9.17, 15) is 24.0 Å². The molecule has 12 heteroatoms. The summed E-state index contributed by atoms with van der Waals surface area (Å²) in [7, 11) is 0.